The number of carbonyl (C=O) groups excluding carboxylic acids is 1. The number of rotatable bonds is 2. The first-order valence-electron chi connectivity index (χ1n) is 7.33. The van der Waals surface area contributed by atoms with Crippen molar-refractivity contribution in [3.63, 3.8) is 0 Å². The predicted molar refractivity (Wildman–Crippen MR) is 77.4 cm³/mol. The highest BCUT2D eigenvalue weighted by Crippen LogP contribution is 2.44. The molecule has 3 aliphatic rings. The molecule has 19 heavy (non-hydrogen) atoms. The van der Waals surface area contributed by atoms with Gasteiger partial charge in [-0.2, -0.15) is 0 Å². The van der Waals surface area contributed by atoms with Crippen LogP contribution in [-0.2, 0) is 9.53 Å². The molecule has 106 valence electrons. The van der Waals surface area contributed by atoms with E-state index in [-0.39, 0.29) is 10.7 Å². The molecule has 0 bridgehead atoms. The number of ether oxygens (including phenoxy) is 1. The summed E-state index contributed by atoms with van der Waals surface area (Å²) < 4.78 is 5.13. The summed E-state index contributed by atoms with van der Waals surface area (Å²) in [5, 5.41) is 3.88. The van der Waals surface area contributed by atoms with Gasteiger partial charge in [-0.1, -0.05) is 24.6 Å². The Morgan fingerprint density at radius 2 is 1.95 bits per heavy atom. The number of methoxy groups -OCH3 is 1. The van der Waals surface area contributed by atoms with Gasteiger partial charge in [-0.15, -0.1) is 0 Å². The van der Waals surface area contributed by atoms with Crippen molar-refractivity contribution >= 4 is 22.8 Å². The lowest BCUT2D eigenvalue weighted by molar-refractivity contribution is -0.123. The molecule has 0 aromatic carbocycles. The van der Waals surface area contributed by atoms with Gasteiger partial charge in [-0.3, -0.25) is 9.79 Å². The fourth-order valence-electron chi connectivity index (χ4n) is 3.35. The Kier molecular flexibility index (Phi) is 3.85. The summed E-state index contributed by atoms with van der Waals surface area (Å²) in [4.78, 5) is 17.0. The van der Waals surface area contributed by atoms with E-state index in [0.717, 1.165) is 30.9 Å². The molecule has 0 atom stereocenters. The highest BCUT2D eigenvalue weighted by Gasteiger charge is 2.48. The summed E-state index contributed by atoms with van der Waals surface area (Å²) in [5.74, 6) is 0.170. The van der Waals surface area contributed by atoms with Crippen LogP contribution < -0.4 is 5.32 Å². The summed E-state index contributed by atoms with van der Waals surface area (Å²) >= 11 is 1.68. The van der Waals surface area contributed by atoms with Gasteiger partial charge in [0.05, 0.1) is 12.1 Å². The second kappa shape index (κ2) is 5.44. The largest absolute Gasteiger partial charge is 0.381 e. The molecule has 1 saturated heterocycles. The Bertz CT molecular complexity index is 383. The minimum atomic E-state index is -0.257. The monoisotopic (exact) mass is 282 g/mol. The SMILES string of the molecule is COC1CCC2(CC1)SC(=NC1CCCC1)NC2=O. The summed E-state index contributed by atoms with van der Waals surface area (Å²) in [6, 6.07) is 0.438. The summed E-state index contributed by atoms with van der Waals surface area (Å²) in [6.07, 6.45) is 9.02. The lowest BCUT2D eigenvalue weighted by atomic mass is 9.86. The molecular weight excluding hydrogens is 260 g/mol. The van der Waals surface area contributed by atoms with Crippen LogP contribution in [-0.4, -0.2) is 35.1 Å². The number of carbonyl (C=O) groups is 1. The van der Waals surface area contributed by atoms with E-state index in [0.29, 0.717) is 12.1 Å². The van der Waals surface area contributed by atoms with Crippen LogP contribution in [0, 0.1) is 0 Å². The molecule has 1 amide bonds. The molecule has 1 heterocycles. The molecule has 2 saturated carbocycles. The van der Waals surface area contributed by atoms with E-state index in [9.17, 15) is 4.79 Å². The Morgan fingerprint density at radius 3 is 2.58 bits per heavy atom. The van der Waals surface area contributed by atoms with Crippen LogP contribution in [0.4, 0.5) is 0 Å². The van der Waals surface area contributed by atoms with Crippen molar-refractivity contribution in [3.8, 4) is 0 Å². The highest BCUT2D eigenvalue weighted by atomic mass is 32.2. The maximum atomic E-state index is 12.3. The molecular formula is C14H22N2O2S. The Hall–Kier alpha value is -0.550. The van der Waals surface area contributed by atoms with E-state index in [4.69, 9.17) is 9.73 Å². The van der Waals surface area contributed by atoms with Crippen molar-refractivity contribution < 1.29 is 9.53 Å². The van der Waals surface area contributed by atoms with Crippen molar-refractivity contribution in [2.45, 2.75) is 68.3 Å². The van der Waals surface area contributed by atoms with Gasteiger partial charge in [0.2, 0.25) is 5.91 Å². The lowest BCUT2D eigenvalue weighted by Gasteiger charge is -2.32. The van der Waals surface area contributed by atoms with E-state index in [2.05, 4.69) is 5.32 Å². The van der Waals surface area contributed by atoms with E-state index in [1.165, 1.54) is 25.7 Å². The van der Waals surface area contributed by atoms with Crippen LogP contribution in [0.1, 0.15) is 51.4 Å². The van der Waals surface area contributed by atoms with Gasteiger partial charge < -0.3 is 10.1 Å². The smallest absolute Gasteiger partial charge is 0.242 e. The first-order chi connectivity index (χ1) is 9.22. The number of amides is 1. The molecule has 1 spiro atoms. The zero-order chi connectivity index (χ0) is 13.3. The zero-order valence-corrected chi connectivity index (χ0v) is 12.3. The third-order valence-corrected chi connectivity index (χ3v) is 6.01. The maximum Gasteiger partial charge on any atom is 0.242 e. The number of hydrogen-bond donors (Lipinski definition) is 1. The van der Waals surface area contributed by atoms with Crippen molar-refractivity contribution in [2.75, 3.05) is 7.11 Å². The zero-order valence-electron chi connectivity index (χ0n) is 11.5. The van der Waals surface area contributed by atoms with Crippen LogP contribution in [0.5, 0.6) is 0 Å². The number of nitrogens with zero attached hydrogens (tertiary/aromatic N) is 1. The van der Waals surface area contributed by atoms with Crippen LogP contribution in [0.3, 0.4) is 0 Å². The second-order valence-electron chi connectivity index (χ2n) is 5.86. The number of nitrogens with one attached hydrogen (secondary N) is 1. The standard InChI is InChI=1S/C14H22N2O2S/c1-18-11-6-8-14(9-7-11)12(17)16-13(19-14)15-10-4-2-3-5-10/h10-11H,2-9H2,1H3,(H,15,16,17). The normalized spacial score (nSPS) is 38.3. The molecule has 0 aromatic heterocycles. The maximum absolute atomic E-state index is 12.3. The van der Waals surface area contributed by atoms with Gasteiger partial charge in [0.1, 0.15) is 4.75 Å². The van der Waals surface area contributed by atoms with Gasteiger partial charge in [-0.25, -0.2) is 0 Å². The number of aliphatic imine (C=N–C) groups is 1. The molecule has 4 nitrogen and oxygen atoms in total. The molecule has 3 fully saturated rings. The average molecular weight is 282 g/mol. The highest BCUT2D eigenvalue weighted by molar-refractivity contribution is 8.16. The molecule has 2 aliphatic carbocycles. The minimum absolute atomic E-state index is 0.170. The predicted octanol–water partition coefficient (Wildman–Crippen LogP) is 2.48. The van der Waals surface area contributed by atoms with Gasteiger partial charge in [-0.05, 0) is 38.5 Å². The molecule has 5 heteroatoms. The first kappa shape index (κ1) is 13.4. The number of hydrogen-bond acceptors (Lipinski definition) is 4. The van der Waals surface area contributed by atoms with Gasteiger partial charge in [0, 0.05) is 7.11 Å². The van der Waals surface area contributed by atoms with Crippen molar-refractivity contribution in [2.24, 2.45) is 4.99 Å². The van der Waals surface area contributed by atoms with Crippen molar-refractivity contribution in [1.29, 1.82) is 0 Å². The third kappa shape index (κ3) is 2.68. The molecule has 1 N–H and O–H groups in total. The van der Waals surface area contributed by atoms with Crippen molar-refractivity contribution in [1.82, 2.24) is 5.32 Å². The number of thioether (sulfide) groups is 1. The molecule has 0 radical (unpaired) electrons. The second-order valence-corrected chi connectivity index (χ2v) is 7.23. The molecule has 0 unspecified atom stereocenters. The van der Waals surface area contributed by atoms with E-state index in [1.807, 2.05) is 0 Å². The van der Waals surface area contributed by atoms with Crippen LogP contribution in [0.2, 0.25) is 0 Å². The molecule has 3 rings (SSSR count). The number of amidine groups is 1. The fraction of sp³-hybridized carbons (Fsp3) is 0.857. The minimum Gasteiger partial charge on any atom is -0.381 e. The van der Waals surface area contributed by atoms with E-state index >= 15 is 0 Å². The Morgan fingerprint density at radius 1 is 1.26 bits per heavy atom. The summed E-state index contributed by atoms with van der Waals surface area (Å²) in [5.41, 5.74) is 0. The summed E-state index contributed by atoms with van der Waals surface area (Å²) in [7, 11) is 1.76. The molecule has 1 aliphatic heterocycles. The lowest BCUT2D eigenvalue weighted by Crippen LogP contribution is -2.41. The Balaban J connectivity index is 1.66. The summed E-state index contributed by atoms with van der Waals surface area (Å²) in [6.45, 7) is 0. The average Bonchev–Trinajstić information content (AvgIpc) is 3.01. The van der Waals surface area contributed by atoms with Gasteiger partial charge >= 0.3 is 0 Å². The quantitative estimate of drug-likeness (QED) is 0.846. The van der Waals surface area contributed by atoms with Crippen molar-refractivity contribution in [3.05, 3.63) is 0 Å². The Labute approximate surface area is 118 Å². The van der Waals surface area contributed by atoms with E-state index < -0.39 is 0 Å². The first-order valence-corrected chi connectivity index (χ1v) is 8.14. The molecule has 0 aromatic rings. The fourth-order valence-corrected chi connectivity index (χ4v) is 4.65. The van der Waals surface area contributed by atoms with Gasteiger partial charge in [0.15, 0.2) is 5.17 Å². The van der Waals surface area contributed by atoms with Crippen LogP contribution in [0.25, 0.3) is 0 Å². The third-order valence-electron chi connectivity index (χ3n) is 4.62. The van der Waals surface area contributed by atoms with Crippen LogP contribution >= 0.6 is 11.8 Å². The topological polar surface area (TPSA) is 50.7 Å². The van der Waals surface area contributed by atoms with E-state index in [1.54, 1.807) is 18.9 Å². The van der Waals surface area contributed by atoms with Crippen LogP contribution in [0.15, 0.2) is 4.99 Å². The van der Waals surface area contributed by atoms with Gasteiger partial charge in [0.25, 0.3) is 0 Å².